The van der Waals surface area contributed by atoms with Gasteiger partial charge in [0.15, 0.2) is 0 Å². The molecule has 9 heteroatoms. The van der Waals surface area contributed by atoms with E-state index in [-0.39, 0.29) is 0 Å². The molecule has 0 spiro atoms. The van der Waals surface area contributed by atoms with E-state index in [0.717, 1.165) is 38.0 Å². The largest absolute Gasteiger partial charge is 0.475 e. The number of nitrogens with zero attached hydrogens (tertiary/aromatic N) is 3. The van der Waals surface area contributed by atoms with Crippen molar-refractivity contribution < 1.29 is 24.5 Å². The molecule has 0 aliphatic carbocycles. The first-order valence-corrected chi connectivity index (χ1v) is 8.63. The molecule has 0 fully saturated rings. The number of carboxylic acids is 2. The summed E-state index contributed by atoms with van der Waals surface area (Å²) in [5.41, 5.74) is 2.16. The zero-order chi connectivity index (χ0) is 18.7. The van der Waals surface area contributed by atoms with Crippen LogP contribution in [-0.2, 0) is 9.59 Å². The number of carbonyl (C=O) groups is 2. The molecule has 2 N–H and O–H groups in total. The van der Waals surface area contributed by atoms with Gasteiger partial charge in [-0.1, -0.05) is 25.2 Å². The van der Waals surface area contributed by atoms with Gasteiger partial charge in [-0.3, -0.25) is 0 Å². The normalized spacial score (nSPS) is 14.6. The number of aromatic nitrogens is 2. The minimum atomic E-state index is -1.82. The zero-order valence-corrected chi connectivity index (χ0v) is 15.2. The SMILES string of the molecule is CC/C=C\CCOc1nsnc1C1=CCCN(C)C1.O=C(O)C(=O)O. The Labute approximate surface area is 150 Å². The van der Waals surface area contributed by atoms with Crippen molar-refractivity contribution in [2.75, 3.05) is 26.7 Å². The first-order chi connectivity index (χ1) is 12.0. The fourth-order valence-corrected chi connectivity index (χ4v) is 2.58. The fourth-order valence-electron chi connectivity index (χ4n) is 2.04. The molecule has 0 saturated heterocycles. The van der Waals surface area contributed by atoms with Crippen molar-refractivity contribution in [3.63, 3.8) is 0 Å². The molecule has 0 unspecified atom stereocenters. The first kappa shape index (κ1) is 20.8. The summed E-state index contributed by atoms with van der Waals surface area (Å²) in [4.78, 5) is 20.5. The first-order valence-electron chi connectivity index (χ1n) is 7.90. The standard InChI is InChI=1S/C14H21N3OS.C2H2O4/c1-3-4-5-6-10-18-14-13(15-19-16-14)12-8-7-9-17(2)11-12;3-1(4)2(5)6/h4-5,8H,3,6-7,9-11H2,1-2H3;(H,3,4)(H,5,6)/b5-4-;. The molecular weight excluding hydrogens is 346 g/mol. The Kier molecular flexibility index (Phi) is 9.41. The predicted octanol–water partition coefficient (Wildman–Crippen LogP) is 2.15. The fraction of sp³-hybridized carbons (Fsp3) is 0.500. The topological polar surface area (TPSA) is 113 Å². The summed E-state index contributed by atoms with van der Waals surface area (Å²) in [6.45, 7) is 4.83. The molecule has 0 amide bonds. The van der Waals surface area contributed by atoms with Crippen LogP contribution in [0.2, 0.25) is 0 Å². The highest BCUT2D eigenvalue weighted by molar-refractivity contribution is 6.99. The number of carboxylic acid groups (broad SMARTS) is 2. The highest BCUT2D eigenvalue weighted by atomic mass is 32.1. The van der Waals surface area contributed by atoms with Crippen molar-refractivity contribution in [3.8, 4) is 5.88 Å². The van der Waals surface area contributed by atoms with E-state index in [1.54, 1.807) is 0 Å². The van der Waals surface area contributed by atoms with Gasteiger partial charge >= 0.3 is 11.9 Å². The second kappa shape index (κ2) is 11.3. The van der Waals surface area contributed by atoms with Gasteiger partial charge in [0.05, 0.1) is 18.3 Å². The van der Waals surface area contributed by atoms with Crippen LogP contribution >= 0.6 is 11.7 Å². The summed E-state index contributed by atoms with van der Waals surface area (Å²) >= 11 is 1.23. The van der Waals surface area contributed by atoms with E-state index in [1.165, 1.54) is 17.3 Å². The summed E-state index contributed by atoms with van der Waals surface area (Å²) in [5, 5.41) is 14.8. The number of hydrogen-bond donors (Lipinski definition) is 2. The van der Waals surface area contributed by atoms with Crippen LogP contribution in [-0.4, -0.2) is 62.5 Å². The molecule has 25 heavy (non-hydrogen) atoms. The van der Waals surface area contributed by atoms with Crippen LogP contribution in [0, 0.1) is 0 Å². The van der Waals surface area contributed by atoms with E-state index >= 15 is 0 Å². The quantitative estimate of drug-likeness (QED) is 0.445. The molecule has 1 aliphatic heterocycles. The number of rotatable bonds is 6. The highest BCUT2D eigenvalue weighted by Crippen LogP contribution is 2.26. The van der Waals surface area contributed by atoms with E-state index in [9.17, 15) is 0 Å². The lowest BCUT2D eigenvalue weighted by Gasteiger charge is -2.22. The third-order valence-corrected chi connectivity index (χ3v) is 3.72. The second-order valence-corrected chi connectivity index (χ2v) is 5.83. The number of hydrogen-bond acceptors (Lipinski definition) is 7. The molecule has 1 aromatic heterocycles. The third-order valence-electron chi connectivity index (χ3n) is 3.21. The molecule has 8 nitrogen and oxygen atoms in total. The summed E-state index contributed by atoms with van der Waals surface area (Å²) in [7, 11) is 2.13. The maximum Gasteiger partial charge on any atom is 0.414 e. The van der Waals surface area contributed by atoms with Gasteiger partial charge < -0.3 is 19.8 Å². The van der Waals surface area contributed by atoms with Crippen LogP contribution in [0.4, 0.5) is 0 Å². The molecule has 0 radical (unpaired) electrons. The van der Waals surface area contributed by atoms with E-state index < -0.39 is 11.9 Å². The van der Waals surface area contributed by atoms with Crippen molar-refractivity contribution in [2.24, 2.45) is 0 Å². The van der Waals surface area contributed by atoms with Crippen LogP contribution in [0.15, 0.2) is 18.2 Å². The zero-order valence-electron chi connectivity index (χ0n) is 14.3. The average molecular weight is 369 g/mol. The summed E-state index contributed by atoms with van der Waals surface area (Å²) in [6.07, 6.45) is 9.62. The van der Waals surface area contributed by atoms with E-state index in [4.69, 9.17) is 24.5 Å². The minimum Gasteiger partial charge on any atom is -0.475 e. The van der Waals surface area contributed by atoms with Gasteiger partial charge in [-0.15, -0.1) is 4.37 Å². The Hall–Kier alpha value is -2.26. The average Bonchev–Trinajstić information content (AvgIpc) is 3.03. The molecule has 0 aromatic carbocycles. The van der Waals surface area contributed by atoms with Crippen LogP contribution in [0.1, 0.15) is 31.9 Å². The Bertz CT molecular complexity index is 615. The molecule has 2 rings (SSSR count). The van der Waals surface area contributed by atoms with E-state index in [0.29, 0.717) is 12.5 Å². The molecule has 1 aromatic rings. The van der Waals surface area contributed by atoms with Crippen LogP contribution < -0.4 is 4.74 Å². The lowest BCUT2D eigenvalue weighted by molar-refractivity contribution is -0.159. The van der Waals surface area contributed by atoms with Crippen LogP contribution in [0.5, 0.6) is 5.88 Å². The van der Waals surface area contributed by atoms with Crippen molar-refractivity contribution in [3.05, 3.63) is 23.9 Å². The molecule has 2 heterocycles. The summed E-state index contributed by atoms with van der Waals surface area (Å²) < 4.78 is 14.4. The van der Waals surface area contributed by atoms with Crippen LogP contribution in [0.3, 0.4) is 0 Å². The van der Waals surface area contributed by atoms with Gasteiger partial charge in [0.25, 0.3) is 5.88 Å². The molecule has 138 valence electrons. The third kappa shape index (κ3) is 7.90. The maximum atomic E-state index is 9.10. The van der Waals surface area contributed by atoms with E-state index in [2.05, 4.69) is 45.8 Å². The van der Waals surface area contributed by atoms with Crippen molar-refractivity contribution in [1.82, 2.24) is 13.6 Å². The molecule has 1 aliphatic rings. The maximum absolute atomic E-state index is 9.10. The number of ether oxygens (including phenoxy) is 1. The smallest absolute Gasteiger partial charge is 0.414 e. The highest BCUT2D eigenvalue weighted by Gasteiger charge is 2.18. The van der Waals surface area contributed by atoms with Gasteiger partial charge in [-0.05, 0) is 31.9 Å². The molecular formula is C16H23N3O5S. The molecule has 0 bridgehead atoms. The monoisotopic (exact) mass is 369 g/mol. The van der Waals surface area contributed by atoms with Crippen molar-refractivity contribution >= 4 is 29.2 Å². The second-order valence-electron chi connectivity index (χ2n) is 5.30. The van der Waals surface area contributed by atoms with Gasteiger partial charge in [0, 0.05) is 13.1 Å². The number of allylic oxidation sites excluding steroid dienone is 1. The Morgan fingerprint density at radius 1 is 1.32 bits per heavy atom. The number of likely N-dealkylation sites (N-methyl/N-ethyl adjacent to an activating group) is 1. The van der Waals surface area contributed by atoms with Gasteiger partial charge in [-0.2, -0.15) is 4.37 Å². The van der Waals surface area contributed by atoms with Crippen molar-refractivity contribution in [2.45, 2.75) is 26.2 Å². The summed E-state index contributed by atoms with van der Waals surface area (Å²) in [5.74, 6) is -2.96. The predicted molar refractivity (Wildman–Crippen MR) is 94.8 cm³/mol. The van der Waals surface area contributed by atoms with Crippen molar-refractivity contribution in [1.29, 1.82) is 0 Å². The Morgan fingerprint density at radius 2 is 2.04 bits per heavy atom. The minimum absolute atomic E-state index is 0.665. The Morgan fingerprint density at radius 3 is 2.64 bits per heavy atom. The number of aliphatic carboxylic acids is 2. The van der Waals surface area contributed by atoms with Gasteiger partial charge in [-0.25, -0.2) is 9.59 Å². The molecule has 0 saturated carbocycles. The lowest BCUT2D eigenvalue weighted by atomic mass is 10.1. The van der Waals surface area contributed by atoms with E-state index in [1.807, 2.05) is 0 Å². The van der Waals surface area contributed by atoms with Gasteiger partial charge in [0.2, 0.25) is 0 Å². The Balaban J connectivity index is 0.000000450. The lowest BCUT2D eigenvalue weighted by Crippen LogP contribution is -2.25. The molecule has 0 atom stereocenters. The summed E-state index contributed by atoms with van der Waals surface area (Å²) in [6, 6.07) is 0. The van der Waals surface area contributed by atoms with Crippen LogP contribution in [0.25, 0.3) is 5.57 Å². The van der Waals surface area contributed by atoms with Gasteiger partial charge in [0.1, 0.15) is 5.69 Å².